The Bertz CT molecular complexity index is 1180. The van der Waals surface area contributed by atoms with Crippen molar-refractivity contribution in [2.24, 2.45) is 5.92 Å². The van der Waals surface area contributed by atoms with Crippen molar-refractivity contribution in [2.45, 2.75) is 129 Å². The predicted octanol–water partition coefficient (Wildman–Crippen LogP) is 5.77. The quantitative estimate of drug-likeness (QED) is 0.118. The molecule has 2 heterocycles. The number of fused-ring (bicyclic) bond motifs is 2. The number of aliphatic hydroxyl groups excluding tert-OH is 5. The first-order valence-electron chi connectivity index (χ1n) is 15.8. The highest BCUT2D eigenvalue weighted by atomic mass is 32.1. The van der Waals surface area contributed by atoms with Crippen molar-refractivity contribution >= 4 is 23.4 Å². The van der Waals surface area contributed by atoms with Gasteiger partial charge in [0.1, 0.15) is 12.2 Å². The Balaban J connectivity index is 2.44. The average molecular weight is 632 g/mol. The smallest absolute Gasteiger partial charge is 0.334 e. The molecule has 1 aliphatic rings. The number of carbonyl (C=O) groups is 1. The number of hydrogen-bond donors (Lipinski definition) is 5. The maximum Gasteiger partial charge on any atom is 0.334 e. The molecule has 5 N–H and O–H groups in total. The van der Waals surface area contributed by atoms with Gasteiger partial charge >= 0.3 is 5.97 Å². The molecule has 0 radical (unpaired) electrons. The van der Waals surface area contributed by atoms with Crippen LogP contribution in [0.1, 0.15) is 103 Å². The van der Waals surface area contributed by atoms with Gasteiger partial charge in [0.25, 0.3) is 0 Å². The molecule has 8 atom stereocenters. The zero-order valence-electron chi connectivity index (χ0n) is 27.1. The van der Waals surface area contributed by atoms with Crippen LogP contribution < -0.4 is 0 Å². The van der Waals surface area contributed by atoms with E-state index in [2.05, 4.69) is 11.9 Å². The third-order valence-corrected chi connectivity index (χ3v) is 9.29. The van der Waals surface area contributed by atoms with Crippen LogP contribution in [-0.4, -0.2) is 73.1 Å². The van der Waals surface area contributed by atoms with Crippen LogP contribution in [0.2, 0.25) is 0 Å². The Kier molecular flexibility index (Phi) is 16.5. The molecular formula is C35H53NO7S. The fraction of sp³-hybridized carbons (Fsp3) is 0.600. The summed E-state index contributed by atoms with van der Waals surface area (Å²) < 4.78 is 5.90. The van der Waals surface area contributed by atoms with Gasteiger partial charge in [-0.15, -0.1) is 11.3 Å². The van der Waals surface area contributed by atoms with Gasteiger partial charge in [-0.25, -0.2) is 9.78 Å². The number of cyclic esters (lactones) is 1. The van der Waals surface area contributed by atoms with Crippen LogP contribution in [0.15, 0.2) is 58.6 Å². The highest BCUT2D eigenvalue weighted by Crippen LogP contribution is 2.28. The minimum absolute atomic E-state index is 0.0866. The monoisotopic (exact) mass is 631 g/mol. The molecule has 2 rings (SSSR count). The fourth-order valence-electron chi connectivity index (χ4n) is 5.04. The highest BCUT2D eigenvalue weighted by molar-refractivity contribution is 7.09. The van der Waals surface area contributed by atoms with E-state index in [-0.39, 0.29) is 18.8 Å². The molecule has 0 spiro atoms. The molecule has 0 saturated carbocycles. The number of hydrogen-bond acceptors (Lipinski definition) is 9. The summed E-state index contributed by atoms with van der Waals surface area (Å²) >= 11 is 1.38. The minimum Gasteiger partial charge on any atom is -0.456 e. The Labute approximate surface area is 267 Å². The van der Waals surface area contributed by atoms with Gasteiger partial charge < -0.3 is 30.3 Å². The van der Waals surface area contributed by atoms with Gasteiger partial charge in [-0.3, -0.25) is 0 Å². The second-order valence-electron chi connectivity index (χ2n) is 11.9. The zero-order valence-corrected chi connectivity index (χ0v) is 27.9. The first kappa shape index (κ1) is 37.8. The number of ether oxygens (including phenoxy) is 1. The lowest BCUT2D eigenvalue weighted by atomic mass is 9.87. The van der Waals surface area contributed by atoms with Crippen molar-refractivity contribution < 1.29 is 35.1 Å². The highest BCUT2D eigenvalue weighted by Gasteiger charge is 2.36. The van der Waals surface area contributed by atoms with E-state index in [1.807, 2.05) is 38.3 Å². The van der Waals surface area contributed by atoms with Crippen LogP contribution in [0.4, 0.5) is 0 Å². The summed E-state index contributed by atoms with van der Waals surface area (Å²) in [6, 6.07) is 0. The molecule has 2 unspecified atom stereocenters. The first-order chi connectivity index (χ1) is 20.9. The molecule has 8 nitrogen and oxygen atoms in total. The zero-order chi connectivity index (χ0) is 32.8. The fourth-order valence-corrected chi connectivity index (χ4v) is 5.93. The Hall–Kier alpha value is -2.40. The van der Waals surface area contributed by atoms with Crippen molar-refractivity contribution in [3.8, 4) is 0 Å². The molecule has 1 aromatic heterocycles. The van der Waals surface area contributed by atoms with Crippen molar-refractivity contribution in [1.29, 1.82) is 0 Å². The molecule has 0 fully saturated rings. The number of aromatic nitrogens is 1. The van der Waals surface area contributed by atoms with Crippen molar-refractivity contribution in [3.63, 3.8) is 0 Å². The summed E-state index contributed by atoms with van der Waals surface area (Å²) in [5, 5.41) is 57.0. The molecule has 2 bridgehead atoms. The van der Waals surface area contributed by atoms with Gasteiger partial charge in [-0.05, 0) is 45.3 Å². The van der Waals surface area contributed by atoms with Crippen LogP contribution in [0.3, 0.4) is 0 Å². The largest absolute Gasteiger partial charge is 0.456 e. The Morgan fingerprint density at radius 1 is 1.16 bits per heavy atom. The van der Waals surface area contributed by atoms with Gasteiger partial charge in [-0.2, -0.15) is 0 Å². The number of thiazole rings is 1. The molecule has 0 amide bonds. The lowest BCUT2D eigenvalue weighted by Crippen LogP contribution is -2.46. The van der Waals surface area contributed by atoms with E-state index < -0.39 is 48.5 Å². The van der Waals surface area contributed by atoms with Gasteiger partial charge in [0.15, 0.2) is 0 Å². The van der Waals surface area contributed by atoms with E-state index in [0.717, 1.165) is 31.3 Å². The number of esters is 1. The maximum atomic E-state index is 13.6. The van der Waals surface area contributed by atoms with Crippen LogP contribution in [0.5, 0.6) is 0 Å². The van der Waals surface area contributed by atoms with Crippen LogP contribution in [-0.2, 0) is 9.53 Å². The van der Waals surface area contributed by atoms with Gasteiger partial charge in [0.05, 0.1) is 35.1 Å². The topological polar surface area (TPSA) is 140 Å². The van der Waals surface area contributed by atoms with E-state index in [4.69, 9.17) is 4.74 Å². The molecular weight excluding hydrogens is 578 g/mol. The number of aliphatic hydroxyl groups is 5. The Morgan fingerprint density at radius 2 is 1.89 bits per heavy atom. The SMILES string of the molecule is C/C=C(C)/C=C(\C)C(O)C(C)[C@@H](O)[C@H](O)[C@@H]1C/C=C\C=C\[C@@H](O)C[C@H](O)[C@@H](C)c2nc(cs2)/C=C(\CCCCCC)C(=O)O1. The van der Waals surface area contributed by atoms with E-state index in [1.165, 1.54) is 11.3 Å². The summed E-state index contributed by atoms with van der Waals surface area (Å²) in [6.45, 7) is 11.2. The normalized spacial score (nSPS) is 28.2. The second kappa shape index (κ2) is 19.2. The van der Waals surface area contributed by atoms with E-state index in [0.29, 0.717) is 28.3 Å². The van der Waals surface area contributed by atoms with Crippen LogP contribution in [0.25, 0.3) is 6.08 Å². The molecule has 9 heteroatoms. The summed E-state index contributed by atoms with van der Waals surface area (Å²) in [5.41, 5.74) is 2.59. The summed E-state index contributed by atoms with van der Waals surface area (Å²) in [6.07, 6.45) is 9.78. The number of unbranched alkanes of at least 4 members (excludes halogenated alkanes) is 3. The van der Waals surface area contributed by atoms with Crippen molar-refractivity contribution in [3.05, 3.63) is 69.3 Å². The number of allylic oxidation sites excluding steroid dienone is 5. The third-order valence-electron chi connectivity index (χ3n) is 8.23. The van der Waals surface area contributed by atoms with E-state index in [9.17, 15) is 30.3 Å². The molecule has 0 saturated heterocycles. The average Bonchev–Trinajstić information content (AvgIpc) is 3.47. The van der Waals surface area contributed by atoms with Crippen molar-refractivity contribution in [1.82, 2.24) is 4.98 Å². The number of nitrogens with zero attached hydrogens (tertiary/aromatic N) is 1. The molecule has 1 aliphatic heterocycles. The van der Waals surface area contributed by atoms with E-state index >= 15 is 0 Å². The summed E-state index contributed by atoms with van der Waals surface area (Å²) in [5.74, 6) is -1.66. The van der Waals surface area contributed by atoms with Crippen LogP contribution >= 0.6 is 11.3 Å². The predicted molar refractivity (Wildman–Crippen MR) is 177 cm³/mol. The van der Waals surface area contributed by atoms with Gasteiger partial charge in [0, 0.05) is 35.6 Å². The lowest BCUT2D eigenvalue weighted by Gasteiger charge is -2.32. The van der Waals surface area contributed by atoms with Gasteiger partial charge in [-0.1, -0.05) is 82.1 Å². The van der Waals surface area contributed by atoms with Gasteiger partial charge in [0.2, 0.25) is 0 Å². The first-order valence-corrected chi connectivity index (χ1v) is 16.7. The molecule has 44 heavy (non-hydrogen) atoms. The number of rotatable bonds is 11. The molecule has 246 valence electrons. The maximum absolute atomic E-state index is 13.6. The van der Waals surface area contributed by atoms with Crippen molar-refractivity contribution in [2.75, 3.05) is 0 Å². The Morgan fingerprint density at radius 3 is 2.57 bits per heavy atom. The van der Waals surface area contributed by atoms with E-state index in [1.54, 1.807) is 44.2 Å². The lowest BCUT2D eigenvalue weighted by molar-refractivity contribution is -0.158. The van der Waals surface area contributed by atoms with Crippen LogP contribution in [0, 0.1) is 5.92 Å². The summed E-state index contributed by atoms with van der Waals surface area (Å²) in [7, 11) is 0. The molecule has 0 aromatic carbocycles. The third kappa shape index (κ3) is 11.8. The standard InChI is InChI=1S/C35H53NO7S/c1-7-9-10-12-15-26-19-27-21-44-34(36-27)24(5)29(38)20-28(37)16-13-11-14-17-30(43-35(26)42)33(41)32(40)25(6)31(39)23(4)18-22(3)8-2/h8,11,13-14,16,18-19,21,24-25,28-33,37-41H,7,9-10,12,15,17,20H2,1-6H3/b14-11-,16-13+,22-8+,23-18+,26-19+/t24-,25?,28-,29+,30+,31?,32-,33-/m1/s1. The minimum atomic E-state index is -1.48. The number of carbonyl (C=O) groups excluding carboxylic acids is 1. The molecule has 1 aromatic rings. The molecule has 0 aliphatic carbocycles. The second-order valence-corrected chi connectivity index (χ2v) is 12.8. The summed E-state index contributed by atoms with van der Waals surface area (Å²) in [4.78, 5) is 18.3.